The summed E-state index contributed by atoms with van der Waals surface area (Å²) in [5.41, 5.74) is -0.234. The molecule has 142 valence electrons. The quantitative estimate of drug-likeness (QED) is 0.790. The van der Waals surface area contributed by atoms with Gasteiger partial charge in [-0.05, 0) is 44.9 Å². The van der Waals surface area contributed by atoms with E-state index in [2.05, 4.69) is 5.32 Å². The molecule has 3 fully saturated rings. The van der Waals surface area contributed by atoms with E-state index in [9.17, 15) is 9.59 Å². The van der Waals surface area contributed by atoms with E-state index in [0.717, 1.165) is 58.0 Å². The topological polar surface area (TPSA) is 67.9 Å². The largest absolute Gasteiger partial charge is 0.385 e. The maximum Gasteiger partial charge on any atom is 0.225 e. The van der Waals surface area contributed by atoms with Crippen LogP contribution < -0.4 is 5.32 Å². The van der Waals surface area contributed by atoms with Crippen LogP contribution in [0.3, 0.4) is 0 Å². The third kappa shape index (κ3) is 4.53. The van der Waals surface area contributed by atoms with Crippen LogP contribution in [0.4, 0.5) is 0 Å². The minimum Gasteiger partial charge on any atom is -0.385 e. The summed E-state index contributed by atoms with van der Waals surface area (Å²) in [6, 6.07) is 0. The zero-order valence-electron chi connectivity index (χ0n) is 15.4. The molecule has 6 heteroatoms. The van der Waals surface area contributed by atoms with Gasteiger partial charge < -0.3 is 19.7 Å². The van der Waals surface area contributed by atoms with Gasteiger partial charge in [0.2, 0.25) is 11.8 Å². The third-order valence-electron chi connectivity index (χ3n) is 6.25. The molecule has 0 unspecified atom stereocenters. The highest BCUT2D eigenvalue weighted by atomic mass is 16.5. The first kappa shape index (κ1) is 18.6. The molecule has 1 N–H and O–H groups in total. The molecule has 25 heavy (non-hydrogen) atoms. The van der Waals surface area contributed by atoms with Gasteiger partial charge in [0.05, 0.1) is 0 Å². The zero-order chi connectivity index (χ0) is 17.7. The summed E-state index contributed by atoms with van der Waals surface area (Å²) in [5, 5.41) is 3.34. The van der Waals surface area contributed by atoms with E-state index in [0.29, 0.717) is 25.7 Å². The minimum atomic E-state index is -0.234. The average molecular weight is 352 g/mol. The summed E-state index contributed by atoms with van der Waals surface area (Å²) < 4.78 is 10.6. The summed E-state index contributed by atoms with van der Waals surface area (Å²) in [6.45, 7) is 3.46. The van der Waals surface area contributed by atoms with Crippen LogP contribution in [0.15, 0.2) is 0 Å². The highest BCUT2D eigenvalue weighted by Gasteiger charge is 2.40. The lowest BCUT2D eigenvalue weighted by Gasteiger charge is -2.44. The van der Waals surface area contributed by atoms with Crippen LogP contribution >= 0.6 is 0 Å². The van der Waals surface area contributed by atoms with E-state index >= 15 is 0 Å². The second kappa shape index (κ2) is 8.49. The maximum absolute atomic E-state index is 12.7. The van der Waals surface area contributed by atoms with Crippen LogP contribution in [-0.4, -0.2) is 62.3 Å². The number of carbonyl (C=O) groups excluding carboxylic acids is 2. The molecule has 3 aliphatic rings. The van der Waals surface area contributed by atoms with Crippen LogP contribution in [0.1, 0.15) is 51.4 Å². The molecule has 3 rings (SSSR count). The van der Waals surface area contributed by atoms with Gasteiger partial charge in [-0.1, -0.05) is 6.42 Å². The second-order valence-electron chi connectivity index (χ2n) is 7.85. The molecule has 1 saturated carbocycles. The molecule has 0 aromatic rings. The summed E-state index contributed by atoms with van der Waals surface area (Å²) in [5.74, 6) is 0.784. The highest BCUT2D eigenvalue weighted by Crippen LogP contribution is 2.32. The number of hydrogen-bond donors (Lipinski definition) is 1. The van der Waals surface area contributed by atoms with Crippen molar-refractivity contribution in [2.45, 2.75) is 56.9 Å². The Kier molecular flexibility index (Phi) is 6.34. The SMILES string of the molecule is COCCC1(NC(=O)C2CCOCC2)CCN(C(=O)C2CCC2)CC1. The third-order valence-corrected chi connectivity index (χ3v) is 6.25. The van der Waals surface area contributed by atoms with Crippen LogP contribution in [0.25, 0.3) is 0 Å². The average Bonchev–Trinajstić information content (AvgIpc) is 2.60. The molecule has 0 radical (unpaired) electrons. The van der Waals surface area contributed by atoms with Crippen LogP contribution in [0.2, 0.25) is 0 Å². The van der Waals surface area contributed by atoms with E-state index in [-0.39, 0.29) is 23.3 Å². The van der Waals surface area contributed by atoms with Gasteiger partial charge in [0.25, 0.3) is 0 Å². The number of ether oxygens (including phenoxy) is 2. The molecule has 0 bridgehead atoms. The van der Waals surface area contributed by atoms with Crippen LogP contribution in [0, 0.1) is 11.8 Å². The molecule has 6 nitrogen and oxygen atoms in total. The van der Waals surface area contributed by atoms with Gasteiger partial charge in [0.1, 0.15) is 0 Å². The Morgan fingerprint density at radius 2 is 1.80 bits per heavy atom. The summed E-state index contributed by atoms with van der Waals surface area (Å²) in [6.07, 6.45) is 7.34. The molecular formula is C19H32N2O4. The summed E-state index contributed by atoms with van der Waals surface area (Å²) >= 11 is 0. The Balaban J connectivity index is 1.57. The van der Waals surface area contributed by atoms with Crippen LogP contribution in [-0.2, 0) is 19.1 Å². The molecule has 0 aromatic carbocycles. The number of rotatable bonds is 6. The van der Waals surface area contributed by atoms with Crippen molar-refractivity contribution >= 4 is 11.8 Å². The number of likely N-dealkylation sites (tertiary alicyclic amines) is 1. The van der Waals surface area contributed by atoms with Crippen molar-refractivity contribution in [1.29, 1.82) is 0 Å². The number of nitrogens with one attached hydrogen (secondary N) is 1. The Hall–Kier alpha value is -1.14. The zero-order valence-corrected chi connectivity index (χ0v) is 15.4. The van der Waals surface area contributed by atoms with Crippen molar-refractivity contribution in [3.8, 4) is 0 Å². The second-order valence-corrected chi connectivity index (χ2v) is 7.85. The van der Waals surface area contributed by atoms with E-state index < -0.39 is 0 Å². The molecule has 2 amide bonds. The number of carbonyl (C=O) groups is 2. The van der Waals surface area contributed by atoms with E-state index in [4.69, 9.17) is 9.47 Å². The maximum atomic E-state index is 12.7. The molecular weight excluding hydrogens is 320 g/mol. The fourth-order valence-electron chi connectivity index (χ4n) is 4.13. The number of hydrogen-bond acceptors (Lipinski definition) is 4. The predicted octanol–water partition coefficient (Wildman–Crippen LogP) is 1.73. The Labute approximate surface area is 150 Å². The number of amides is 2. The van der Waals surface area contributed by atoms with Crippen LogP contribution in [0.5, 0.6) is 0 Å². The lowest BCUT2D eigenvalue weighted by Crippen LogP contribution is -2.58. The van der Waals surface area contributed by atoms with E-state index in [1.165, 1.54) is 6.42 Å². The number of methoxy groups -OCH3 is 1. The van der Waals surface area contributed by atoms with Crippen molar-refractivity contribution in [2.24, 2.45) is 11.8 Å². The molecule has 2 saturated heterocycles. The molecule has 2 heterocycles. The fourth-order valence-corrected chi connectivity index (χ4v) is 4.13. The first-order chi connectivity index (χ1) is 12.1. The van der Waals surface area contributed by atoms with Gasteiger partial charge >= 0.3 is 0 Å². The monoisotopic (exact) mass is 352 g/mol. The first-order valence-electron chi connectivity index (χ1n) is 9.81. The molecule has 1 aliphatic carbocycles. The van der Waals surface area contributed by atoms with Crippen molar-refractivity contribution in [3.05, 3.63) is 0 Å². The van der Waals surface area contributed by atoms with Gasteiger partial charge in [0, 0.05) is 57.4 Å². The molecule has 0 aromatic heterocycles. The first-order valence-corrected chi connectivity index (χ1v) is 9.81. The molecule has 0 atom stereocenters. The predicted molar refractivity (Wildman–Crippen MR) is 94.1 cm³/mol. The number of piperidine rings is 1. The fraction of sp³-hybridized carbons (Fsp3) is 0.895. The Morgan fingerprint density at radius 1 is 1.12 bits per heavy atom. The summed E-state index contributed by atoms with van der Waals surface area (Å²) in [4.78, 5) is 27.2. The Bertz CT molecular complexity index is 464. The highest BCUT2D eigenvalue weighted by molar-refractivity contribution is 5.80. The normalized spacial score (nSPS) is 24.6. The molecule has 2 aliphatic heterocycles. The van der Waals surface area contributed by atoms with Gasteiger partial charge in [-0.15, -0.1) is 0 Å². The Morgan fingerprint density at radius 3 is 2.36 bits per heavy atom. The smallest absolute Gasteiger partial charge is 0.225 e. The summed E-state index contributed by atoms with van der Waals surface area (Å²) in [7, 11) is 1.70. The van der Waals surface area contributed by atoms with Gasteiger partial charge in [-0.2, -0.15) is 0 Å². The van der Waals surface area contributed by atoms with E-state index in [1.807, 2.05) is 4.90 Å². The van der Waals surface area contributed by atoms with Gasteiger partial charge in [-0.3, -0.25) is 9.59 Å². The minimum absolute atomic E-state index is 0.0582. The van der Waals surface area contributed by atoms with Crippen molar-refractivity contribution in [2.75, 3.05) is 40.0 Å². The number of nitrogens with zero attached hydrogens (tertiary/aromatic N) is 1. The van der Waals surface area contributed by atoms with Gasteiger partial charge in [0.15, 0.2) is 0 Å². The van der Waals surface area contributed by atoms with E-state index in [1.54, 1.807) is 7.11 Å². The lowest BCUT2D eigenvalue weighted by atomic mass is 9.81. The van der Waals surface area contributed by atoms with Crippen molar-refractivity contribution in [3.63, 3.8) is 0 Å². The van der Waals surface area contributed by atoms with Gasteiger partial charge in [-0.25, -0.2) is 0 Å². The van der Waals surface area contributed by atoms with Crippen molar-refractivity contribution in [1.82, 2.24) is 10.2 Å². The molecule has 0 spiro atoms. The standard InChI is InChI=1S/C19H32N2O4/c1-24-14-9-19(20-17(22)15-5-12-25-13-6-15)7-10-21(11-8-19)18(23)16-3-2-4-16/h15-16H,2-14H2,1H3,(H,20,22). The van der Waals surface area contributed by atoms with Crippen molar-refractivity contribution < 1.29 is 19.1 Å². The lowest BCUT2D eigenvalue weighted by molar-refractivity contribution is -0.140.